The maximum Gasteiger partial charge on any atom is 0.186 e. The fourth-order valence-corrected chi connectivity index (χ4v) is 3.30. The Bertz CT molecular complexity index is 730. The minimum absolute atomic E-state index is 0.0605. The highest BCUT2D eigenvalue weighted by Crippen LogP contribution is 2.34. The molecule has 2 nitrogen and oxygen atoms in total. The molecule has 0 aliphatic heterocycles. The Labute approximate surface area is 132 Å². The number of benzene rings is 3. The van der Waals surface area contributed by atoms with Crippen molar-refractivity contribution in [2.45, 2.75) is 10.8 Å². The first-order valence-corrected chi connectivity index (χ1v) is 8.17. The van der Waals surface area contributed by atoms with Crippen LogP contribution in [0.2, 0.25) is 0 Å². The summed E-state index contributed by atoms with van der Waals surface area (Å²) in [6, 6.07) is 27.4. The lowest BCUT2D eigenvalue weighted by atomic mass is 9.85. The minimum atomic E-state index is -2.01. The van der Waals surface area contributed by atoms with Crippen LogP contribution in [0, 0.1) is 0 Å². The average Bonchev–Trinajstić information content (AvgIpc) is 2.57. The van der Waals surface area contributed by atoms with Crippen molar-refractivity contribution in [3.63, 3.8) is 0 Å². The molecule has 0 saturated carbocycles. The Balaban J connectivity index is 2.21. The van der Waals surface area contributed by atoms with Gasteiger partial charge in [-0.15, -0.1) is 0 Å². The van der Waals surface area contributed by atoms with E-state index >= 15 is 0 Å². The van der Waals surface area contributed by atoms with Crippen molar-refractivity contribution in [2.24, 2.45) is 0 Å². The third-order valence-corrected chi connectivity index (χ3v) is 4.43. The van der Waals surface area contributed by atoms with Gasteiger partial charge in [-0.3, -0.25) is 0 Å². The summed E-state index contributed by atoms with van der Waals surface area (Å²) in [6.07, 6.45) is 0. The monoisotopic (exact) mass is 308 g/mol. The first-order valence-electron chi connectivity index (χ1n) is 7.07. The molecule has 0 aromatic heterocycles. The van der Waals surface area contributed by atoms with Crippen LogP contribution in [0.5, 0.6) is 0 Å². The molecule has 1 atom stereocenters. The van der Waals surface area contributed by atoms with Crippen molar-refractivity contribution in [3.8, 4) is 0 Å². The Kier molecular flexibility index (Phi) is 4.47. The molecular weight excluding hydrogens is 292 g/mol. The molecular formula is C19H16O2S. The van der Waals surface area contributed by atoms with Gasteiger partial charge in [-0.2, -0.15) is 0 Å². The first-order chi connectivity index (χ1) is 10.8. The van der Waals surface area contributed by atoms with E-state index in [-0.39, 0.29) is 5.92 Å². The Morgan fingerprint density at radius 1 is 0.682 bits per heavy atom. The van der Waals surface area contributed by atoms with Gasteiger partial charge in [0.05, 0.1) is 4.90 Å². The molecule has 0 bridgehead atoms. The Morgan fingerprint density at radius 3 is 1.64 bits per heavy atom. The second kappa shape index (κ2) is 6.69. The molecule has 0 amide bonds. The molecule has 3 rings (SSSR count). The van der Waals surface area contributed by atoms with E-state index in [9.17, 15) is 8.76 Å². The molecule has 0 fully saturated rings. The zero-order chi connectivity index (χ0) is 15.4. The fraction of sp³-hybridized carbons (Fsp3) is 0.0526. The third-order valence-electron chi connectivity index (χ3n) is 3.68. The van der Waals surface area contributed by atoms with Crippen LogP contribution in [0.1, 0.15) is 22.6 Å². The maximum atomic E-state index is 11.7. The second-order valence-corrected chi connectivity index (χ2v) is 5.98. The summed E-state index contributed by atoms with van der Waals surface area (Å²) in [5.74, 6) is -0.0605. The maximum absolute atomic E-state index is 11.7. The summed E-state index contributed by atoms with van der Waals surface area (Å²) in [6.45, 7) is 0. The fourth-order valence-electron chi connectivity index (χ4n) is 2.72. The van der Waals surface area contributed by atoms with E-state index in [1.807, 2.05) is 48.5 Å². The number of hydrogen-bond donors (Lipinski definition) is 1. The molecule has 0 heterocycles. The van der Waals surface area contributed by atoms with Gasteiger partial charge in [0.2, 0.25) is 0 Å². The van der Waals surface area contributed by atoms with Crippen molar-refractivity contribution in [2.75, 3.05) is 0 Å². The third kappa shape index (κ3) is 3.01. The van der Waals surface area contributed by atoms with Crippen LogP contribution in [-0.2, 0) is 11.1 Å². The molecule has 3 heteroatoms. The van der Waals surface area contributed by atoms with Crippen molar-refractivity contribution in [1.29, 1.82) is 0 Å². The molecule has 0 radical (unpaired) electrons. The van der Waals surface area contributed by atoms with E-state index in [1.165, 1.54) is 0 Å². The molecule has 22 heavy (non-hydrogen) atoms. The zero-order valence-electron chi connectivity index (χ0n) is 11.9. The molecule has 110 valence electrons. The molecule has 0 aliphatic rings. The van der Waals surface area contributed by atoms with Crippen LogP contribution >= 0.6 is 0 Å². The predicted molar refractivity (Wildman–Crippen MR) is 89.3 cm³/mol. The topological polar surface area (TPSA) is 37.3 Å². The molecule has 3 aromatic carbocycles. The van der Waals surface area contributed by atoms with Crippen LogP contribution in [0.15, 0.2) is 89.8 Å². The largest absolute Gasteiger partial charge is 0.302 e. The van der Waals surface area contributed by atoms with Crippen LogP contribution in [0.3, 0.4) is 0 Å². The van der Waals surface area contributed by atoms with Gasteiger partial charge < -0.3 is 4.55 Å². The van der Waals surface area contributed by atoms with Crippen molar-refractivity contribution in [3.05, 3.63) is 102 Å². The van der Waals surface area contributed by atoms with E-state index in [4.69, 9.17) is 0 Å². The summed E-state index contributed by atoms with van der Waals surface area (Å²) < 4.78 is 21.3. The second-order valence-electron chi connectivity index (χ2n) is 5.04. The molecule has 3 aromatic rings. The lowest BCUT2D eigenvalue weighted by Gasteiger charge is -2.20. The summed E-state index contributed by atoms with van der Waals surface area (Å²) in [7, 11) is 0. The normalized spacial score (nSPS) is 12.3. The highest BCUT2D eigenvalue weighted by molar-refractivity contribution is 7.79. The SMILES string of the molecule is O=S(O)c1ccccc1C(c1ccccc1)c1ccccc1. The van der Waals surface area contributed by atoms with E-state index in [2.05, 4.69) is 24.3 Å². The lowest BCUT2D eigenvalue weighted by molar-refractivity contribution is 0.563. The molecule has 1 unspecified atom stereocenters. The quantitative estimate of drug-likeness (QED) is 0.571. The van der Waals surface area contributed by atoms with Gasteiger partial charge in [-0.05, 0) is 22.8 Å². The summed E-state index contributed by atoms with van der Waals surface area (Å²) in [5, 5.41) is 0. The van der Waals surface area contributed by atoms with Crippen LogP contribution < -0.4 is 0 Å². The van der Waals surface area contributed by atoms with Crippen LogP contribution in [0.4, 0.5) is 0 Å². The van der Waals surface area contributed by atoms with Crippen LogP contribution in [-0.4, -0.2) is 8.76 Å². The molecule has 0 spiro atoms. The first kappa shape index (κ1) is 14.7. The van der Waals surface area contributed by atoms with Gasteiger partial charge in [-0.25, -0.2) is 4.21 Å². The minimum Gasteiger partial charge on any atom is -0.302 e. The molecule has 0 aliphatic carbocycles. The average molecular weight is 308 g/mol. The van der Waals surface area contributed by atoms with E-state index in [1.54, 1.807) is 12.1 Å². The summed E-state index contributed by atoms with van der Waals surface area (Å²) >= 11 is -2.01. The van der Waals surface area contributed by atoms with Gasteiger partial charge in [-0.1, -0.05) is 78.9 Å². The van der Waals surface area contributed by atoms with E-state index in [0.717, 1.165) is 16.7 Å². The lowest BCUT2D eigenvalue weighted by Crippen LogP contribution is -2.07. The van der Waals surface area contributed by atoms with Gasteiger partial charge in [0.25, 0.3) is 0 Å². The van der Waals surface area contributed by atoms with Gasteiger partial charge in [0.15, 0.2) is 11.1 Å². The van der Waals surface area contributed by atoms with E-state index in [0.29, 0.717) is 4.90 Å². The van der Waals surface area contributed by atoms with Crippen molar-refractivity contribution in [1.82, 2.24) is 0 Å². The highest BCUT2D eigenvalue weighted by atomic mass is 32.2. The van der Waals surface area contributed by atoms with Crippen LogP contribution in [0.25, 0.3) is 0 Å². The molecule has 0 saturated heterocycles. The van der Waals surface area contributed by atoms with Gasteiger partial charge >= 0.3 is 0 Å². The van der Waals surface area contributed by atoms with Gasteiger partial charge in [0.1, 0.15) is 0 Å². The number of rotatable bonds is 4. The standard InChI is InChI=1S/C19H16O2S/c20-22(21)18-14-8-7-13-17(18)19(15-9-3-1-4-10-15)16-11-5-2-6-12-16/h1-14,19H,(H,20,21). The zero-order valence-corrected chi connectivity index (χ0v) is 12.7. The number of hydrogen-bond acceptors (Lipinski definition) is 1. The Hall–Kier alpha value is -2.23. The van der Waals surface area contributed by atoms with E-state index < -0.39 is 11.1 Å². The van der Waals surface area contributed by atoms with Crippen molar-refractivity contribution >= 4 is 11.1 Å². The highest BCUT2D eigenvalue weighted by Gasteiger charge is 2.21. The Morgan fingerprint density at radius 2 is 1.14 bits per heavy atom. The molecule has 1 N–H and O–H groups in total. The summed E-state index contributed by atoms with van der Waals surface area (Å²) in [4.78, 5) is 0.459. The smallest absolute Gasteiger partial charge is 0.186 e. The summed E-state index contributed by atoms with van der Waals surface area (Å²) in [5.41, 5.74) is 3.07. The van der Waals surface area contributed by atoms with Crippen molar-refractivity contribution < 1.29 is 8.76 Å². The predicted octanol–water partition coefficient (Wildman–Crippen LogP) is 4.45. The van der Waals surface area contributed by atoms with Gasteiger partial charge in [0, 0.05) is 5.92 Å².